The van der Waals surface area contributed by atoms with E-state index in [1.165, 1.54) is 0 Å². The number of nitrogens with zero attached hydrogens (tertiary/aromatic N) is 1. The van der Waals surface area contributed by atoms with Gasteiger partial charge in [-0.05, 0) is 20.8 Å². The molecule has 5 heteroatoms. The Morgan fingerprint density at radius 2 is 2.29 bits per heavy atom. The molecule has 0 fully saturated rings. The minimum atomic E-state index is -0.507. The number of amides is 1. The van der Waals surface area contributed by atoms with Gasteiger partial charge in [-0.25, -0.2) is 4.98 Å². The zero-order valence-corrected chi connectivity index (χ0v) is 8.63. The number of nitrogens with two attached hydrogens (primary N) is 1. The monoisotopic (exact) mass is 197 g/mol. The molecular weight excluding hydrogens is 182 g/mol. The second-order valence-corrected chi connectivity index (χ2v) is 3.26. The number of rotatable bonds is 3. The Balaban J connectivity index is 2.50. The van der Waals surface area contributed by atoms with Crippen molar-refractivity contribution < 1.29 is 9.21 Å². The van der Waals surface area contributed by atoms with Crippen molar-refractivity contribution in [3.63, 3.8) is 0 Å². The van der Waals surface area contributed by atoms with E-state index in [-0.39, 0.29) is 12.5 Å². The zero-order chi connectivity index (χ0) is 10.7. The summed E-state index contributed by atoms with van der Waals surface area (Å²) in [4.78, 5) is 15.2. The first kappa shape index (κ1) is 10.7. The maximum atomic E-state index is 11.1. The van der Waals surface area contributed by atoms with E-state index in [2.05, 4.69) is 10.3 Å². The van der Waals surface area contributed by atoms with Crippen LogP contribution in [0.4, 0.5) is 0 Å². The van der Waals surface area contributed by atoms with Crippen LogP contribution in [-0.2, 0) is 11.3 Å². The molecule has 0 saturated heterocycles. The van der Waals surface area contributed by atoms with Crippen molar-refractivity contribution >= 4 is 5.91 Å². The molecule has 0 saturated carbocycles. The molecule has 78 valence electrons. The van der Waals surface area contributed by atoms with E-state index in [0.29, 0.717) is 5.89 Å². The number of aryl methyl sites for hydroxylation is 2. The first-order valence-electron chi connectivity index (χ1n) is 4.47. The van der Waals surface area contributed by atoms with Gasteiger partial charge in [0.2, 0.25) is 11.8 Å². The molecular formula is C9H15N3O2. The molecule has 5 nitrogen and oxygen atoms in total. The number of nitrogens with one attached hydrogen (secondary N) is 1. The molecule has 0 aliphatic heterocycles. The lowest BCUT2D eigenvalue weighted by Gasteiger charge is -2.04. The molecule has 1 aromatic heterocycles. The summed E-state index contributed by atoms with van der Waals surface area (Å²) in [5.41, 5.74) is 6.21. The lowest BCUT2D eigenvalue weighted by atomic mass is 10.3. The van der Waals surface area contributed by atoms with Crippen LogP contribution >= 0.6 is 0 Å². The lowest BCUT2D eigenvalue weighted by Crippen LogP contribution is -2.37. The molecule has 1 rings (SSSR count). The van der Waals surface area contributed by atoms with Gasteiger partial charge in [0.1, 0.15) is 5.76 Å². The fourth-order valence-electron chi connectivity index (χ4n) is 0.938. The fraction of sp³-hybridized carbons (Fsp3) is 0.556. The number of oxazole rings is 1. The van der Waals surface area contributed by atoms with Gasteiger partial charge in [0.05, 0.1) is 18.3 Å². The first-order chi connectivity index (χ1) is 6.50. The number of hydrogen-bond donors (Lipinski definition) is 2. The van der Waals surface area contributed by atoms with E-state index in [1.54, 1.807) is 6.92 Å². The predicted octanol–water partition coefficient (Wildman–Crippen LogP) is 0.255. The molecule has 1 amide bonds. The van der Waals surface area contributed by atoms with Crippen LogP contribution in [0.3, 0.4) is 0 Å². The van der Waals surface area contributed by atoms with Crippen LogP contribution < -0.4 is 11.1 Å². The van der Waals surface area contributed by atoms with Crippen molar-refractivity contribution in [1.29, 1.82) is 0 Å². The average molecular weight is 197 g/mol. The smallest absolute Gasteiger partial charge is 0.237 e. The third-order valence-electron chi connectivity index (χ3n) is 1.90. The molecule has 0 aliphatic rings. The van der Waals surface area contributed by atoms with Crippen molar-refractivity contribution in [3.8, 4) is 0 Å². The minimum absolute atomic E-state index is 0.210. The Morgan fingerprint density at radius 3 is 2.71 bits per heavy atom. The summed E-state index contributed by atoms with van der Waals surface area (Å²) >= 11 is 0. The van der Waals surface area contributed by atoms with Crippen molar-refractivity contribution in [1.82, 2.24) is 10.3 Å². The molecule has 0 radical (unpaired) electrons. The molecule has 1 atom stereocenters. The summed E-state index contributed by atoms with van der Waals surface area (Å²) in [5.74, 6) is 1.07. The lowest BCUT2D eigenvalue weighted by molar-refractivity contribution is -0.122. The van der Waals surface area contributed by atoms with Gasteiger partial charge in [-0.3, -0.25) is 4.79 Å². The maximum absolute atomic E-state index is 11.1. The Hall–Kier alpha value is -1.36. The van der Waals surface area contributed by atoms with Gasteiger partial charge in [0.25, 0.3) is 0 Å². The van der Waals surface area contributed by atoms with Crippen molar-refractivity contribution in [2.75, 3.05) is 0 Å². The van der Waals surface area contributed by atoms with Crippen LogP contribution in [0.1, 0.15) is 24.3 Å². The molecule has 1 heterocycles. The summed E-state index contributed by atoms with van der Waals surface area (Å²) in [6.45, 7) is 5.60. The third kappa shape index (κ3) is 2.56. The van der Waals surface area contributed by atoms with Gasteiger partial charge in [-0.15, -0.1) is 0 Å². The molecule has 0 spiro atoms. The van der Waals surface area contributed by atoms with Gasteiger partial charge in [-0.2, -0.15) is 0 Å². The van der Waals surface area contributed by atoms with Gasteiger partial charge >= 0.3 is 0 Å². The van der Waals surface area contributed by atoms with Crippen LogP contribution in [0.15, 0.2) is 4.42 Å². The molecule has 1 aromatic rings. The van der Waals surface area contributed by atoms with Crippen LogP contribution in [0.25, 0.3) is 0 Å². The average Bonchev–Trinajstić information content (AvgIpc) is 2.42. The predicted molar refractivity (Wildman–Crippen MR) is 51.5 cm³/mol. The summed E-state index contributed by atoms with van der Waals surface area (Å²) in [5, 5.41) is 2.62. The fourth-order valence-corrected chi connectivity index (χ4v) is 0.938. The Labute approximate surface area is 82.7 Å². The topological polar surface area (TPSA) is 81.2 Å². The molecule has 0 bridgehead atoms. The summed E-state index contributed by atoms with van der Waals surface area (Å²) < 4.78 is 5.28. The highest BCUT2D eigenvalue weighted by Gasteiger charge is 2.09. The Morgan fingerprint density at radius 1 is 1.64 bits per heavy atom. The minimum Gasteiger partial charge on any atom is -0.444 e. The van der Waals surface area contributed by atoms with Crippen molar-refractivity contribution in [3.05, 3.63) is 17.3 Å². The number of carbonyl (C=O) groups excluding carboxylic acids is 1. The van der Waals surface area contributed by atoms with Gasteiger partial charge < -0.3 is 15.5 Å². The highest BCUT2D eigenvalue weighted by atomic mass is 16.4. The van der Waals surface area contributed by atoms with Crippen molar-refractivity contribution in [2.45, 2.75) is 33.4 Å². The zero-order valence-electron chi connectivity index (χ0n) is 8.63. The van der Waals surface area contributed by atoms with Gasteiger partial charge in [-0.1, -0.05) is 0 Å². The van der Waals surface area contributed by atoms with E-state index in [1.807, 2.05) is 13.8 Å². The van der Waals surface area contributed by atoms with Crippen LogP contribution in [0, 0.1) is 13.8 Å². The summed E-state index contributed by atoms with van der Waals surface area (Å²) in [7, 11) is 0. The van der Waals surface area contributed by atoms with Crippen LogP contribution in [0.5, 0.6) is 0 Å². The summed E-state index contributed by atoms with van der Waals surface area (Å²) in [6, 6.07) is -0.507. The molecule has 3 N–H and O–H groups in total. The van der Waals surface area contributed by atoms with E-state index < -0.39 is 6.04 Å². The van der Waals surface area contributed by atoms with E-state index in [9.17, 15) is 4.79 Å². The molecule has 1 unspecified atom stereocenters. The van der Waals surface area contributed by atoms with E-state index >= 15 is 0 Å². The number of hydrogen-bond acceptors (Lipinski definition) is 4. The summed E-state index contributed by atoms with van der Waals surface area (Å²) in [6.07, 6.45) is 0. The number of aromatic nitrogens is 1. The second kappa shape index (κ2) is 4.23. The maximum Gasteiger partial charge on any atom is 0.237 e. The molecule has 0 aliphatic carbocycles. The quantitative estimate of drug-likeness (QED) is 0.728. The SMILES string of the molecule is Cc1nc(CNC(=O)C(C)N)oc1C. The van der Waals surface area contributed by atoms with E-state index in [4.69, 9.17) is 10.2 Å². The highest BCUT2D eigenvalue weighted by molar-refractivity contribution is 5.80. The number of carbonyl (C=O) groups is 1. The first-order valence-corrected chi connectivity index (χ1v) is 4.47. The van der Waals surface area contributed by atoms with Crippen LogP contribution in [0.2, 0.25) is 0 Å². The van der Waals surface area contributed by atoms with Gasteiger partial charge in [0, 0.05) is 0 Å². The van der Waals surface area contributed by atoms with E-state index in [0.717, 1.165) is 11.5 Å². The molecule has 0 aromatic carbocycles. The standard InChI is InChI=1S/C9H15N3O2/c1-5(10)9(13)11-4-8-12-6(2)7(3)14-8/h5H,4,10H2,1-3H3,(H,11,13). The Kier molecular flexibility index (Phi) is 3.24. The largest absolute Gasteiger partial charge is 0.444 e. The second-order valence-electron chi connectivity index (χ2n) is 3.26. The third-order valence-corrected chi connectivity index (χ3v) is 1.90. The normalized spacial score (nSPS) is 12.6. The van der Waals surface area contributed by atoms with Crippen LogP contribution in [-0.4, -0.2) is 16.9 Å². The van der Waals surface area contributed by atoms with Gasteiger partial charge in [0.15, 0.2) is 0 Å². The van der Waals surface area contributed by atoms with Crippen molar-refractivity contribution in [2.24, 2.45) is 5.73 Å². The Bertz CT molecular complexity index is 311. The highest BCUT2D eigenvalue weighted by Crippen LogP contribution is 2.07. The molecule has 14 heavy (non-hydrogen) atoms.